The van der Waals surface area contributed by atoms with Crippen LogP contribution in [0, 0.1) is 5.92 Å². The van der Waals surface area contributed by atoms with Crippen molar-refractivity contribution < 1.29 is 9.90 Å². The standard InChI is InChI=1S/C8H15NO2/c9-7-5-3-1-2-4-6(7)8(10)11/h6-7H,1-5,9H2,(H,10,11). The van der Waals surface area contributed by atoms with Gasteiger partial charge in [-0.1, -0.05) is 19.3 Å². The van der Waals surface area contributed by atoms with Crippen molar-refractivity contribution in [3.8, 4) is 0 Å². The van der Waals surface area contributed by atoms with Crippen LogP contribution in [-0.4, -0.2) is 17.1 Å². The summed E-state index contributed by atoms with van der Waals surface area (Å²) in [6.07, 6.45) is 4.88. The van der Waals surface area contributed by atoms with Gasteiger partial charge in [-0.2, -0.15) is 0 Å². The van der Waals surface area contributed by atoms with Crippen LogP contribution in [0.5, 0.6) is 0 Å². The molecule has 1 aliphatic carbocycles. The fourth-order valence-corrected chi connectivity index (χ4v) is 1.64. The van der Waals surface area contributed by atoms with Crippen LogP contribution >= 0.6 is 0 Å². The second-order valence-corrected chi connectivity index (χ2v) is 3.25. The number of carboxylic acid groups (broad SMARTS) is 1. The molecule has 0 spiro atoms. The van der Waals surface area contributed by atoms with Crippen molar-refractivity contribution >= 4 is 5.97 Å². The molecule has 0 heterocycles. The van der Waals surface area contributed by atoms with E-state index in [1.54, 1.807) is 0 Å². The van der Waals surface area contributed by atoms with Crippen molar-refractivity contribution in [3.63, 3.8) is 0 Å². The summed E-state index contributed by atoms with van der Waals surface area (Å²) in [4.78, 5) is 10.6. The molecule has 1 rings (SSSR count). The molecule has 0 aromatic rings. The summed E-state index contributed by atoms with van der Waals surface area (Å²) in [6, 6.07) is -0.116. The van der Waals surface area contributed by atoms with E-state index in [0.29, 0.717) is 0 Å². The normalized spacial score (nSPS) is 32.8. The first kappa shape index (κ1) is 8.53. The quantitative estimate of drug-likeness (QED) is 0.558. The number of hydrogen-bond donors (Lipinski definition) is 2. The van der Waals surface area contributed by atoms with Crippen LogP contribution in [0.3, 0.4) is 0 Å². The Morgan fingerprint density at radius 3 is 2.55 bits per heavy atom. The zero-order chi connectivity index (χ0) is 8.27. The van der Waals surface area contributed by atoms with Crippen LogP contribution in [0.1, 0.15) is 32.1 Å². The molecule has 1 saturated carbocycles. The molecule has 0 radical (unpaired) electrons. The first-order valence-corrected chi connectivity index (χ1v) is 4.20. The van der Waals surface area contributed by atoms with Gasteiger partial charge in [-0.15, -0.1) is 0 Å². The summed E-state index contributed by atoms with van der Waals surface area (Å²) in [5, 5.41) is 8.75. The molecule has 0 amide bonds. The summed E-state index contributed by atoms with van der Waals surface area (Å²) in [6.45, 7) is 0. The maximum Gasteiger partial charge on any atom is 0.308 e. The molecular formula is C8H15NO2. The Morgan fingerprint density at radius 2 is 1.91 bits per heavy atom. The summed E-state index contributed by atoms with van der Waals surface area (Å²) < 4.78 is 0. The third kappa shape index (κ3) is 2.19. The Kier molecular flexibility index (Phi) is 2.88. The van der Waals surface area contributed by atoms with Crippen LogP contribution < -0.4 is 5.73 Å². The minimum absolute atomic E-state index is 0.116. The van der Waals surface area contributed by atoms with Crippen molar-refractivity contribution in [2.75, 3.05) is 0 Å². The Bertz CT molecular complexity index is 147. The molecule has 0 aliphatic heterocycles. The predicted octanol–water partition coefficient (Wildman–Crippen LogP) is 0.979. The minimum atomic E-state index is -0.723. The molecule has 2 atom stereocenters. The van der Waals surface area contributed by atoms with Crippen LogP contribution in [0.4, 0.5) is 0 Å². The summed E-state index contributed by atoms with van der Waals surface area (Å²) in [5.74, 6) is -1.02. The molecule has 2 unspecified atom stereocenters. The SMILES string of the molecule is NC1CCCCCC1C(=O)O. The van der Waals surface area contributed by atoms with Gasteiger partial charge in [0.15, 0.2) is 0 Å². The van der Waals surface area contributed by atoms with E-state index < -0.39 is 5.97 Å². The lowest BCUT2D eigenvalue weighted by molar-refractivity contribution is -0.142. The van der Waals surface area contributed by atoms with E-state index in [2.05, 4.69) is 0 Å². The molecule has 0 saturated heterocycles. The zero-order valence-corrected chi connectivity index (χ0v) is 6.62. The summed E-state index contributed by atoms with van der Waals surface area (Å²) >= 11 is 0. The van der Waals surface area contributed by atoms with Crippen molar-refractivity contribution in [1.29, 1.82) is 0 Å². The average molecular weight is 157 g/mol. The fourth-order valence-electron chi connectivity index (χ4n) is 1.64. The van der Waals surface area contributed by atoms with E-state index in [-0.39, 0.29) is 12.0 Å². The minimum Gasteiger partial charge on any atom is -0.481 e. The zero-order valence-electron chi connectivity index (χ0n) is 6.62. The number of hydrogen-bond acceptors (Lipinski definition) is 2. The molecule has 64 valence electrons. The van der Waals surface area contributed by atoms with E-state index in [1.165, 1.54) is 0 Å². The highest BCUT2D eigenvalue weighted by atomic mass is 16.4. The van der Waals surface area contributed by atoms with E-state index in [4.69, 9.17) is 10.8 Å². The lowest BCUT2D eigenvalue weighted by Gasteiger charge is -2.15. The van der Waals surface area contributed by atoms with Crippen molar-refractivity contribution in [1.82, 2.24) is 0 Å². The van der Waals surface area contributed by atoms with Crippen LogP contribution in [0.15, 0.2) is 0 Å². The van der Waals surface area contributed by atoms with Crippen molar-refractivity contribution in [2.45, 2.75) is 38.1 Å². The Morgan fingerprint density at radius 1 is 1.27 bits per heavy atom. The second kappa shape index (κ2) is 3.72. The van der Waals surface area contributed by atoms with Gasteiger partial charge < -0.3 is 10.8 Å². The number of aliphatic carboxylic acids is 1. The molecule has 0 aromatic carbocycles. The van der Waals surface area contributed by atoms with Gasteiger partial charge in [0.1, 0.15) is 0 Å². The summed E-state index contributed by atoms with van der Waals surface area (Å²) in [5.41, 5.74) is 5.70. The van der Waals surface area contributed by atoms with Crippen LogP contribution in [-0.2, 0) is 4.79 Å². The average Bonchev–Trinajstić information content (AvgIpc) is 2.13. The molecule has 0 bridgehead atoms. The number of carboxylic acids is 1. The molecule has 1 fully saturated rings. The Labute approximate surface area is 66.6 Å². The smallest absolute Gasteiger partial charge is 0.308 e. The van der Waals surface area contributed by atoms with Gasteiger partial charge in [-0.3, -0.25) is 4.79 Å². The van der Waals surface area contributed by atoms with Gasteiger partial charge in [0.25, 0.3) is 0 Å². The van der Waals surface area contributed by atoms with E-state index in [1.807, 2.05) is 0 Å². The molecule has 3 nitrogen and oxygen atoms in total. The maximum absolute atomic E-state index is 10.6. The lowest BCUT2D eigenvalue weighted by atomic mass is 9.96. The molecule has 3 N–H and O–H groups in total. The largest absolute Gasteiger partial charge is 0.481 e. The van der Waals surface area contributed by atoms with E-state index >= 15 is 0 Å². The third-order valence-electron chi connectivity index (χ3n) is 2.39. The molecule has 0 aromatic heterocycles. The third-order valence-corrected chi connectivity index (χ3v) is 2.39. The first-order valence-electron chi connectivity index (χ1n) is 4.20. The van der Waals surface area contributed by atoms with Gasteiger partial charge in [-0.05, 0) is 12.8 Å². The summed E-state index contributed by atoms with van der Waals surface area (Å²) in [7, 11) is 0. The van der Waals surface area contributed by atoms with Gasteiger partial charge in [0.05, 0.1) is 5.92 Å². The molecule has 1 aliphatic rings. The molecule has 11 heavy (non-hydrogen) atoms. The van der Waals surface area contributed by atoms with Crippen molar-refractivity contribution in [2.24, 2.45) is 11.7 Å². The monoisotopic (exact) mass is 157 g/mol. The molecular weight excluding hydrogens is 142 g/mol. The lowest BCUT2D eigenvalue weighted by Crippen LogP contribution is -2.34. The van der Waals surface area contributed by atoms with Gasteiger partial charge in [-0.25, -0.2) is 0 Å². The van der Waals surface area contributed by atoms with Gasteiger partial charge >= 0.3 is 5.97 Å². The molecule has 3 heteroatoms. The van der Waals surface area contributed by atoms with Gasteiger partial charge in [0.2, 0.25) is 0 Å². The van der Waals surface area contributed by atoms with Crippen molar-refractivity contribution in [3.05, 3.63) is 0 Å². The number of carbonyl (C=O) groups is 1. The Hall–Kier alpha value is -0.570. The maximum atomic E-state index is 10.6. The second-order valence-electron chi connectivity index (χ2n) is 3.25. The fraction of sp³-hybridized carbons (Fsp3) is 0.875. The Balaban J connectivity index is 2.52. The highest BCUT2D eigenvalue weighted by molar-refractivity contribution is 5.70. The predicted molar refractivity (Wildman–Crippen MR) is 42.2 cm³/mol. The number of nitrogens with two attached hydrogens (primary N) is 1. The van der Waals surface area contributed by atoms with Crippen LogP contribution in [0.25, 0.3) is 0 Å². The number of rotatable bonds is 1. The first-order chi connectivity index (χ1) is 5.22. The van der Waals surface area contributed by atoms with E-state index in [9.17, 15) is 4.79 Å². The topological polar surface area (TPSA) is 63.3 Å². The highest BCUT2D eigenvalue weighted by Gasteiger charge is 2.26. The van der Waals surface area contributed by atoms with Crippen LogP contribution in [0.2, 0.25) is 0 Å². The van der Waals surface area contributed by atoms with E-state index in [0.717, 1.165) is 32.1 Å². The highest BCUT2D eigenvalue weighted by Crippen LogP contribution is 2.21. The van der Waals surface area contributed by atoms with Gasteiger partial charge in [0, 0.05) is 6.04 Å².